The quantitative estimate of drug-likeness (QED) is 0.530. The zero-order chi connectivity index (χ0) is 23.8. The lowest BCUT2D eigenvalue weighted by Crippen LogP contribution is -2.33. The largest absolute Gasteiger partial charge is 0.473 e. The van der Waals surface area contributed by atoms with E-state index in [0.29, 0.717) is 24.3 Å². The van der Waals surface area contributed by atoms with Crippen molar-refractivity contribution in [3.05, 3.63) is 78.5 Å². The number of amides is 2. The smallest absolute Gasteiger partial charge is 0.414 e. The summed E-state index contributed by atoms with van der Waals surface area (Å²) < 4.78 is 25.2. The molecule has 174 valence electrons. The first-order chi connectivity index (χ1) is 15.9. The minimum Gasteiger partial charge on any atom is -0.473 e. The van der Waals surface area contributed by atoms with Crippen LogP contribution in [-0.2, 0) is 20.8 Å². The summed E-state index contributed by atoms with van der Waals surface area (Å²) in [6, 6.07) is 12.3. The maximum Gasteiger partial charge on any atom is 0.414 e. The van der Waals surface area contributed by atoms with E-state index in [-0.39, 0.29) is 19.0 Å². The van der Waals surface area contributed by atoms with E-state index in [1.807, 2.05) is 31.2 Å². The summed E-state index contributed by atoms with van der Waals surface area (Å²) >= 11 is 0. The van der Waals surface area contributed by atoms with Crippen molar-refractivity contribution < 1.29 is 23.5 Å². The Morgan fingerprint density at radius 2 is 2.03 bits per heavy atom. The maximum absolute atomic E-state index is 14.9. The molecule has 0 radical (unpaired) electrons. The predicted octanol–water partition coefficient (Wildman–Crippen LogP) is 4.11. The highest BCUT2D eigenvalue weighted by atomic mass is 19.1. The van der Waals surface area contributed by atoms with E-state index >= 15 is 0 Å². The van der Waals surface area contributed by atoms with E-state index in [0.717, 1.165) is 16.7 Å². The zero-order valence-corrected chi connectivity index (χ0v) is 18.8. The Labute approximate surface area is 192 Å². The lowest BCUT2D eigenvalue weighted by Gasteiger charge is -2.15. The van der Waals surface area contributed by atoms with E-state index in [1.54, 1.807) is 18.4 Å². The first-order valence-corrected chi connectivity index (χ1v) is 10.6. The topological polar surface area (TPSA) is 79.9 Å². The van der Waals surface area contributed by atoms with Crippen LogP contribution in [0.1, 0.15) is 19.4 Å². The molecule has 1 aliphatic rings. The number of benzene rings is 2. The van der Waals surface area contributed by atoms with Crippen LogP contribution in [0.3, 0.4) is 0 Å². The second-order valence-corrected chi connectivity index (χ2v) is 7.79. The number of nitrogens with zero attached hydrogens (tertiary/aromatic N) is 1. The molecule has 0 spiro atoms. The molecule has 2 aromatic carbocycles. The number of carbonyl (C=O) groups excluding carboxylic acids is 2. The molecule has 7 nitrogen and oxygen atoms in total. The SMILES string of the molecule is C=CO/C=C(\C)CNCc1ccc(-c2ccc(N3C[C@H](CNC(C)=O)OC3=O)cc2F)cc1. The van der Waals surface area contributed by atoms with E-state index in [1.165, 1.54) is 24.2 Å². The van der Waals surface area contributed by atoms with Crippen LogP contribution < -0.4 is 15.5 Å². The fourth-order valence-electron chi connectivity index (χ4n) is 3.41. The van der Waals surface area contributed by atoms with Gasteiger partial charge in [0.2, 0.25) is 5.91 Å². The fourth-order valence-corrected chi connectivity index (χ4v) is 3.41. The van der Waals surface area contributed by atoms with Crippen molar-refractivity contribution >= 4 is 17.7 Å². The van der Waals surface area contributed by atoms with Crippen LogP contribution in [0.4, 0.5) is 14.9 Å². The van der Waals surface area contributed by atoms with E-state index in [2.05, 4.69) is 17.2 Å². The molecule has 0 unspecified atom stereocenters. The number of ether oxygens (including phenoxy) is 2. The highest BCUT2D eigenvalue weighted by Crippen LogP contribution is 2.29. The Morgan fingerprint density at radius 1 is 1.27 bits per heavy atom. The monoisotopic (exact) mass is 453 g/mol. The molecule has 1 heterocycles. The molecule has 8 heteroatoms. The molecule has 0 saturated carbocycles. The van der Waals surface area contributed by atoms with Crippen molar-refractivity contribution in [2.45, 2.75) is 26.5 Å². The van der Waals surface area contributed by atoms with Gasteiger partial charge in [0.25, 0.3) is 0 Å². The number of cyclic esters (lactones) is 1. The van der Waals surface area contributed by atoms with Gasteiger partial charge in [-0.1, -0.05) is 30.8 Å². The summed E-state index contributed by atoms with van der Waals surface area (Å²) in [5.74, 6) is -0.633. The summed E-state index contributed by atoms with van der Waals surface area (Å²) in [5.41, 5.74) is 3.71. The molecule has 33 heavy (non-hydrogen) atoms. The average molecular weight is 454 g/mol. The van der Waals surface area contributed by atoms with E-state index in [9.17, 15) is 14.0 Å². The minimum absolute atomic E-state index is 0.202. The van der Waals surface area contributed by atoms with Crippen molar-refractivity contribution in [2.75, 3.05) is 24.5 Å². The van der Waals surface area contributed by atoms with Crippen LogP contribution in [0.25, 0.3) is 11.1 Å². The summed E-state index contributed by atoms with van der Waals surface area (Å²) in [4.78, 5) is 24.6. The minimum atomic E-state index is -0.560. The van der Waals surface area contributed by atoms with E-state index in [4.69, 9.17) is 9.47 Å². The van der Waals surface area contributed by atoms with Gasteiger partial charge < -0.3 is 20.1 Å². The van der Waals surface area contributed by atoms with Gasteiger partial charge in [-0.05, 0) is 41.8 Å². The molecule has 1 aliphatic heterocycles. The molecule has 0 aliphatic carbocycles. The highest BCUT2D eigenvalue weighted by molar-refractivity contribution is 5.90. The number of anilines is 1. The third-order valence-electron chi connectivity index (χ3n) is 5.08. The number of hydrogen-bond donors (Lipinski definition) is 2. The summed E-state index contributed by atoms with van der Waals surface area (Å²) in [6.45, 7) is 8.65. The van der Waals surface area contributed by atoms with Gasteiger partial charge in [-0.15, -0.1) is 0 Å². The molecule has 1 saturated heterocycles. The number of rotatable bonds is 10. The number of carbonyl (C=O) groups is 2. The van der Waals surface area contributed by atoms with Crippen molar-refractivity contribution in [1.29, 1.82) is 0 Å². The number of hydrogen-bond acceptors (Lipinski definition) is 5. The van der Waals surface area contributed by atoms with Crippen LogP contribution in [0.15, 0.2) is 67.1 Å². The molecular weight excluding hydrogens is 425 g/mol. The molecule has 3 rings (SSSR count). The van der Waals surface area contributed by atoms with Gasteiger partial charge in [0.05, 0.1) is 31.3 Å². The Bertz CT molecular complexity index is 1040. The van der Waals surface area contributed by atoms with Crippen LogP contribution >= 0.6 is 0 Å². The summed E-state index contributed by atoms with van der Waals surface area (Å²) in [5, 5.41) is 5.93. The van der Waals surface area contributed by atoms with Crippen LogP contribution in [0.5, 0.6) is 0 Å². The fraction of sp³-hybridized carbons (Fsp3) is 0.280. The Balaban J connectivity index is 1.61. The van der Waals surface area contributed by atoms with Crippen LogP contribution in [0, 0.1) is 5.82 Å². The van der Waals surface area contributed by atoms with Crippen LogP contribution in [0.2, 0.25) is 0 Å². The lowest BCUT2D eigenvalue weighted by molar-refractivity contribution is -0.119. The zero-order valence-electron chi connectivity index (χ0n) is 18.8. The van der Waals surface area contributed by atoms with Crippen molar-refractivity contribution in [3.8, 4) is 11.1 Å². The first kappa shape index (κ1) is 24.0. The third-order valence-corrected chi connectivity index (χ3v) is 5.08. The second kappa shape index (κ2) is 11.3. The summed E-state index contributed by atoms with van der Waals surface area (Å²) in [7, 11) is 0. The molecule has 0 bridgehead atoms. The van der Waals surface area contributed by atoms with Crippen molar-refractivity contribution in [1.82, 2.24) is 10.6 Å². The van der Waals surface area contributed by atoms with E-state index < -0.39 is 18.0 Å². The van der Waals surface area contributed by atoms with Crippen LogP contribution in [-0.4, -0.2) is 37.7 Å². The molecular formula is C25H28FN3O4. The standard InChI is InChI=1S/C25H28FN3O4/c1-4-32-16-17(2)12-27-13-19-5-7-20(8-6-19)23-10-9-21(11-24(23)26)29-15-22(33-25(29)31)14-28-18(3)30/h4-11,16,22,27H,1,12-15H2,2-3H3,(H,28,30)/b17-16+/t22-/m0/s1. The Hall–Kier alpha value is -3.65. The average Bonchev–Trinajstić information content (AvgIpc) is 3.17. The van der Waals surface area contributed by atoms with Gasteiger partial charge in [0.15, 0.2) is 0 Å². The molecule has 1 atom stereocenters. The normalized spacial score (nSPS) is 15.8. The first-order valence-electron chi connectivity index (χ1n) is 10.6. The molecule has 2 amide bonds. The Kier molecular flexibility index (Phi) is 8.21. The third kappa shape index (κ3) is 6.66. The molecule has 2 aromatic rings. The van der Waals surface area contributed by atoms with Gasteiger partial charge in [-0.2, -0.15) is 0 Å². The summed E-state index contributed by atoms with van der Waals surface area (Å²) in [6.07, 6.45) is 1.98. The predicted molar refractivity (Wildman–Crippen MR) is 125 cm³/mol. The van der Waals surface area contributed by atoms with Crippen molar-refractivity contribution in [3.63, 3.8) is 0 Å². The van der Waals surface area contributed by atoms with Gasteiger partial charge in [0, 0.05) is 25.6 Å². The second-order valence-electron chi connectivity index (χ2n) is 7.79. The molecule has 0 aromatic heterocycles. The number of halogens is 1. The van der Waals surface area contributed by atoms with Gasteiger partial charge in [0.1, 0.15) is 11.9 Å². The lowest BCUT2D eigenvalue weighted by atomic mass is 10.0. The van der Waals surface area contributed by atoms with Crippen molar-refractivity contribution in [2.24, 2.45) is 0 Å². The number of nitrogens with one attached hydrogen (secondary N) is 2. The molecule has 1 fully saturated rings. The Morgan fingerprint density at radius 3 is 2.70 bits per heavy atom. The van der Waals surface area contributed by atoms with Gasteiger partial charge >= 0.3 is 6.09 Å². The molecule has 2 N–H and O–H groups in total. The van der Waals surface area contributed by atoms with Gasteiger partial charge in [-0.3, -0.25) is 9.69 Å². The highest BCUT2D eigenvalue weighted by Gasteiger charge is 2.32. The maximum atomic E-state index is 14.9. The van der Waals surface area contributed by atoms with Gasteiger partial charge in [-0.25, -0.2) is 9.18 Å².